The van der Waals surface area contributed by atoms with Crippen LogP contribution in [0.5, 0.6) is 0 Å². The van der Waals surface area contributed by atoms with Crippen LogP contribution in [0.2, 0.25) is 0 Å². The number of hydrogen-bond donors (Lipinski definition) is 0. The Bertz CT molecular complexity index is 940. The highest BCUT2D eigenvalue weighted by Gasteiger charge is 2.44. The first-order valence-corrected chi connectivity index (χ1v) is 11.1. The molecule has 0 spiro atoms. The van der Waals surface area contributed by atoms with E-state index in [0.717, 1.165) is 41.4 Å². The zero-order valence-electron chi connectivity index (χ0n) is 15.5. The zero-order valence-corrected chi connectivity index (χ0v) is 17.1. The Morgan fingerprint density at radius 2 is 2.11 bits per heavy atom. The van der Waals surface area contributed by atoms with Crippen molar-refractivity contribution in [1.29, 1.82) is 0 Å². The molecule has 28 heavy (non-hydrogen) atoms. The van der Waals surface area contributed by atoms with Crippen LogP contribution in [-0.4, -0.2) is 56.5 Å². The van der Waals surface area contributed by atoms with E-state index in [4.69, 9.17) is 4.74 Å². The molecule has 1 amide bonds. The molecule has 1 aliphatic carbocycles. The van der Waals surface area contributed by atoms with Gasteiger partial charge in [0.1, 0.15) is 10.6 Å². The molecule has 3 aromatic heterocycles. The number of hydrogen-bond acceptors (Lipinski definition) is 7. The molecule has 0 N–H and O–H groups in total. The maximum atomic E-state index is 12.7. The van der Waals surface area contributed by atoms with E-state index in [1.165, 1.54) is 11.5 Å². The third-order valence-electron chi connectivity index (χ3n) is 5.95. The molecule has 1 aliphatic heterocycles. The number of fused-ring (bicyclic) bond motifs is 1. The second kappa shape index (κ2) is 7.38. The van der Waals surface area contributed by atoms with Crippen molar-refractivity contribution in [2.75, 3.05) is 20.2 Å². The quantitative estimate of drug-likeness (QED) is 0.654. The fraction of sp³-hybridized carbons (Fsp3) is 0.474. The van der Waals surface area contributed by atoms with Crippen molar-refractivity contribution in [3.05, 3.63) is 40.8 Å². The highest BCUT2D eigenvalue weighted by molar-refractivity contribution is 7.13. The van der Waals surface area contributed by atoms with Crippen molar-refractivity contribution in [1.82, 2.24) is 24.3 Å². The first-order valence-electron chi connectivity index (χ1n) is 9.41. The molecule has 3 aromatic rings. The van der Waals surface area contributed by atoms with Crippen LogP contribution in [0.1, 0.15) is 28.6 Å². The summed E-state index contributed by atoms with van der Waals surface area (Å²) in [7, 11) is 1.77. The molecule has 0 aromatic carbocycles. The van der Waals surface area contributed by atoms with Gasteiger partial charge in [0.05, 0.1) is 23.2 Å². The maximum absolute atomic E-state index is 12.7. The fourth-order valence-corrected chi connectivity index (χ4v) is 5.79. The lowest BCUT2D eigenvalue weighted by molar-refractivity contribution is -0.00545. The minimum absolute atomic E-state index is 0.0811. The minimum atomic E-state index is 0.0811. The number of amides is 1. The maximum Gasteiger partial charge on any atom is 0.265 e. The monoisotopic (exact) mass is 415 g/mol. The first-order chi connectivity index (χ1) is 13.7. The lowest BCUT2D eigenvalue weighted by atomic mass is 9.77. The molecule has 2 aliphatic rings. The number of methoxy groups -OCH3 is 1. The van der Waals surface area contributed by atoms with Gasteiger partial charge in [0, 0.05) is 26.4 Å². The summed E-state index contributed by atoms with van der Waals surface area (Å²) < 4.78 is 11.9. The van der Waals surface area contributed by atoms with Gasteiger partial charge in [-0.2, -0.15) is 0 Å². The van der Waals surface area contributed by atoms with E-state index in [2.05, 4.69) is 20.8 Å². The lowest BCUT2D eigenvalue weighted by Crippen LogP contribution is -2.37. The van der Waals surface area contributed by atoms with Crippen LogP contribution >= 0.6 is 22.9 Å². The summed E-state index contributed by atoms with van der Waals surface area (Å²) >= 11 is 2.93. The van der Waals surface area contributed by atoms with Crippen molar-refractivity contribution in [3.8, 4) is 10.6 Å². The number of carbonyl (C=O) groups is 1. The zero-order chi connectivity index (χ0) is 19.1. The van der Waals surface area contributed by atoms with Gasteiger partial charge in [-0.15, -0.1) is 16.4 Å². The van der Waals surface area contributed by atoms with Crippen LogP contribution in [-0.2, 0) is 4.74 Å². The van der Waals surface area contributed by atoms with Crippen molar-refractivity contribution in [2.24, 2.45) is 11.8 Å². The molecule has 2 fully saturated rings. The number of ether oxygens (including phenoxy) is 1. The number of likely N-dealkylation sites (tertiary alicyclic amines) is 1. The number of aromatic nitrogens is 4. The van der Waals surface area contributed by atoms with E-state index >= 15 is 0 Å². The highest BCUT2D eigenvalue weighted by atomic mass is 32.1. The molecular formula is C19H21N5O2S2. The minimum Gasteiger partial charge on any atom is -0.379 e. The average Bonchev–Trinajstić information content (AvgIpc) is 3.51. The van der Waals surface area contributed by atoms with Gasteiger partial charge in [-0.25, -0.2) is 9.06 Å². The molecule has 146 valence electrons. The van der Waals surface area contributed by atoms with E-state index in [1.807, 2.05) is 27.2 Å². The Kier molecular flexibility index (Phi) is 4.73. The molecule has 0 bridgehead atoms. The molecule has 5 rings (SSSR count). The van der Waals surface area contributed by atoms with E-state index in [1.54, 1.807) is 30.7 Å². The topological polar surface area (TPSA) is 73.1 Å². The number of carbonyl (C=O) groups excluding carboxylic acids is 1. The normalized spacial score (nSPS) is 27.1. The Hall–Kier alpha value is -2.10. The molecule has 1 saturated heterocycles. The fourth-order valence-electron chi connectivity index (χ4n) is 4.55. The predicted octanol–water partition coefficient (Wildman–Crippen LogP) is 3.20. The summed E-state index contributed by atoms with van der Waals surface area (Å²) in [5.41, 5.74) is 0.903. The summed E-state index contributed by atoms with van der Waals surface area (Å²) in [6.07, 6.45) is 5.68. The van der Waals surface area contributed by atoms with Gasteiger partial charge in [-0.3, -0.25) is 4.79 Å². The third kappa shape index (κ3) is 3.17. The summed E-state index contributed by atoms with van der Waals surface area (Å²) in [5, 5.41) is 10.8. The summed E-state index contributed by atoms with van der Waals surface area (Å²) in [6.45, 7) is 1.59. The Morgan fingerprint density at radius 1 is 1.25 bits per heavy atom. The van der Waals surface area contributed by atoms with E-state index in [-0.39, 0.29) is 18.1 Å². The van der Waals surface area contributed by atoms with E-state index < -0.39 is 0 Å². The number of thiophene rings is 1. The van der Waals surface area contributed by atoms with Crippen LogP contribution in [0.3, 0.4) is 0 Å². The van der Waals surface area contributed by atoms with Gasteiger partial charge < -0.3 is 9.64 Å². The van der Waals surface area contributed by atoms with Gasteiger partial charge in [0.15, 0.2) is 0 Å². The molecule has 1 saturated carbocycles. The molecule has 0 unspecified atom stereocenters. The first kappa shape index (κ1) is 18.0. The van der Waals surface area contributed by atoms with Crippen molar-refractivity contribution in [2.45, 2.75) is 25.0 Å². The molecule has 7 nitrogen and oxygen atoms in total. The predicted molar refractivity (Wildman–Crippen MR) is 107 cm³/mol. The van der Waals surface area contributed by atoms with Gasteiger partial charge >= 0.3 is 0 Å². The van der Waals surface area contributed by atoms with Gasteiger partial charge in [-0.05, 0) is 53.7 Å². The highest BCUT2D eigenvalue weighted by Crippen LogP contribution is 2.42. The Labute approximate surface area is 171 Å². The largest absolute Gasteiger partial charge is 0.379 e. The lowest BCUT2D eigenvalue weighted by Gasteiger charge is -2.36. The van der Waals surface area contributed by atoms with Crippen LogP contribution in [0.25, 0.3) is 10.6 Å². The number of nitrogens with zero attached hydrogens (tertiary/aromatic N) is 5. The van der Waals surface area contributed by atoms with E-state index in [9.17, 15) is 4.79 Å². The van der Waals surface area contributed by atoms with Crippen LogP contribution in [0.4, 0.5) is 0 Å². The smallest absolute Gasteiger partial charge is 0.265 e. The van der Waals surface area contributed by atoms with Gasteiger partial charge in [-0.1, -0.05) is 11.3 Å². The number of rotatable bonds is 4. The van der Waals surface area contributed by atoms with Crippen LogP contribution in [0, 0.1) is 11.8 Å². The molecular weight excluding hydrogens is 394 g/mol. The van der Waals surface area contributed by atoms with Crippen LogP contribution in [0.15, 0.2) is 36.0 Å². The molecule has 4 atom stereocenters. The Morgan fingerprint density at radius 3 is 2.82 bits per heavy atom. The molecule has 9 heteroatoms. The molecule has 0 radical (unpaired) electrons. The summed E-state index contributed by atoms with van der Waals surface area (Å²) in [6, 6.07) is 6.03. The second-order valence-corrected chi connectivity index (χ2v) is 9.26. The van der Waals surface area contributed by atoms with Crippen molar-refractivity contribution in [3.63, 3.8) is 0 Å². The van der Waals surface area contributed by atoms with Crippen LogP contribution < -0.4 is 0 Å². The Balaban J connectivity index is 1.34. The third-order valence-corrected chi connectivity index (χ3v) is 7.57. The second-order valence-electron chi connectivity index (χ2n) is 7.48. The van der Waals surface area contributed by atoms with Gasteiger partial charge in [0.2, 0.25) is 0 Å². The summed E-state index contributed by atoms with van der Waals surface area (Å²) in [5.74, 6) is 1.03. The SMILES string of the molecule is CO[C@@H]1C[C@H]2CN(C(=O)c3ccns3)C[C@H]2C[C@H]1n1cc(-c2cccs2)nn1. The standard InChI is InChI=1S/C19H21N5O2S2/c1-26-16-8-13-10-23(19(25)18-4-5-20-28-18)9-12(13)7-15(16)24-11-14(21-22-24)17-3-2-6-27-17/h2-6,11-13,15-16H,7-10H2,1H3/t12-,13+,15-,16-/m1/s1. The van der Waals surface area contributed by atoms with Gasteiger partial charge in [0.25, 0.3) is 5.91 Å². The summed E-state index contributed by atoms with van der Waals surface area (Å²) in [4.78, 5) is 16.5. The van der Waals surface area contributed by atoms with Crippen molar-refractivity contribution < 1.29 is 9.53 Å². The molecule has 4 heterocycles. The van der Waals surface area contributed by atoms with E-state index in [0.29, 0.717) is 11.8 Å². The average molecular weight is 416 g/mol. The van der Waals surface area contributed by atoms with Crippen molar-refractivity contribution >= 4 is 28.8 Å².